The van der Waals surface area contributed by atoms with Crippen LogP contribution >= 0.6 is 0 Å². The molecule has 7 heteroatoms. The number of nitrogens with one attached hydrogen (secondary N) is 1. The van der Waals surface area contributed by atoms with Gasteiger partial charge < -0.3 is 15.2 Å². The Labute approximate surface area is 174 Å². The molecule has 3 aromatic rings. The highest BCUT2D eigenvalue weighted by atomic mass is 16.6. The Morgan fingerprint density at radius 3 is 2.37 bits per heavy atom. The van der Waals surface area contributed by atoms with E-state index in [4.69, 9.17) is 4.74 Å². The van der Waals surface area contributed by atoms with Crippen molar-refractivity contribution in [3.63, 3.8) is 0 Å². The van der Waals surface area contributed by atoms with Gasteiger partial charge in [-0.2, -0.15) is 0 Å². The van der Waals surface area contributed by atoms with Crippen LogP contribution in [0.2, 0.25) is 0 Å². The lowest BCUT2D eigenvalue weighted by atomic mass is 9.91. The maximum atomic E-state index is 12.0. The second kappa shape index (κ2) is 9.56. The van der Waals surface area contributed by atoms with Crippen LogP contribution in [-0.4, -0.2) is 23.1 Å². The molecule has 0 bridgehead atoms. The zero-order chi connectivity index (χ0) is 21.5. The molecule has 3 rings (SSSR count). The SMILES string of the molecule is COc1ccc(C(Cc2ccc([N+](=O)[O-])cc2)C(=O)O)cc1NCc1ccccc1. The minimum Gasteiger partial charge on any atom is -0.495 e. The summed E-state index contributed by atoms with van der Waals surface area (Å²) < 4.78 is 5.41. The number of carboxylic acids is 1. The van der Waals surface area contributed by atoms with Gasteiger partial charge in [-0.15, -0.1) is 0 Å². The number of carboxylic acid groups (broad SMARTS) is 1. The number of hydrogen-bond donors (Lipinski definition) is 2. The molecule has 0 aliphatic heterocycles. The van der Waals surface area contributed by atoms with Gasteiger partial charge in [-0.3, -0.25) is 14.9 Å². The number of ether oxygens (including phenoxy) is 1. The lowest BCUT2D eigenvalue weighted by Gasteiger charge is -2.17. The van der Waals surface area contributed by atoms with Crippen LogP contribution in [0, 0.1) is 10.1 Å². The third-order valence-electron chi connectivity index (χ3n) is 4.84. The number of nitrogens with zero attached hydrogens (tertiary/aromatic N) is 1. The molecule has 30 heavy (non-hydrogen) atoms. The van der Waals surface area contributed by atoms with Crippen LogP contribution in [0.15, 0.2) is 72.8 Å². The maximum absolute atomic E-state index is 12.0. The van der Waals surface area contributed by atoms with Gasteiger partial charge in [0.05, 0.1) is 23.6 Å². The molecule has 7 nitrogen and oxygen atoms in total. The van der Waals surface area contributed by atoms with Crippen molar-refractivity contribution in [3.05, 3.63) is 99.6 Å². The molecule has 1 unspecified atom stereocenters. The topological polar surface area (TPSA) is 102 Å². The molecule has 3 aromatic carbocycles. The van der Waals surface area contributed by atoms with E-state index in [1.165, 1.54) is 12.1 Å². The summed E-state index contributed by atoms with van der Waals surface area (Å²) in [6.07, 6.45) is 0.220. The highest BCUT2D eigenvalue weighted by Crippen LogP contribution is 2.31. The van der Waals surface area contributed by atoms with E-state index in [1.807, 2.05) is 30.3 Å². The molecule has 0 radical (unpaired) electrons. The third-order valence-corrected chi connectivity index (χ3v) is 4.84. The lowest BCUT2D eigenvalue weighted by molar-refractivity contribution is -0.384. The van der Waals surface area contributed by atoms with Gasteiger partial charge in [-0.1, -0.05) is 48.5 Å². The summed E-state index contributed by atoms with van der Waals surface area (Å²) in [6.45, 7) is 0.570. The van der Waals surface area contributed by atoms with Crippen LogP contribution < -0.4 is 10.1 Å². The van der Waals surface area contributed by atoms with Gasteiger partial charge in [0.1, 0.15) is 5.75 Å². The molecule has 0 saturated heterocycles. The van der Waals surface area contributed by atoms with E-state index in [9.17, 15) is 20.0 Å². The number of non-ortho nitro benzene ring substituents is 1. The third kappa shape index (κ3) is 5.14. The first-order valence-corrected chi connectivity index (χ1v) is 9.40. The molecule has 1 atom stereocenters. The van der Waals surface area contributed by atoms with E-state index in [0.717, 1.165) is 5.56 Å². The molecule has 0 heterocycles. The standard InChI is InChI=1S/C23H22N2O5/c1-30-22-12-9-18(14-21(22)24-15-17-5-3-2-4-6-17)20(23(26)27)13-16-7-10-19(11-8-16)25(28)29/h2-12,14,20,24H,13,15H2,1H3,(H,26,27). The summed E-state index contributed by atoms with van der Waals surface area (Å²) in [5.41, 5.74) is 3.10. The van der Waals surface area contributed by atoms with Gasteiger partial charge in [0.2, 0.25) is 0 Å². The Hall–Kier alpha value is -3.87. The number of anilines is 1. The van der Waals surface area contributed by atoms with Crippen molar-refractivity contribution >= 4 is 17.3 Å². The minimum absolute atomic E-state index is 0.0255. The van der Waals surface area contributed by atoms with E-state index in [-0.39, 0.29) is 12.1 Å². The normalized spacial score (nSPS) is 11.5. The van der Waals surface area contributed by atoms with Crippen molar-refractivity contribution < 1.29 is 19.6 Å². The summed E-state index contributed by atoms with van der Waals surface area (Å²) >= 11 is 0. The first-order chi connectivity index (χ1) is 14.5. The zero-order valence-electron chi connectivity index (χ0n) is 16.4. The summed E-state index contributed by atoms with van der Waals surface area (Å²) in [6, 6.07) is 21.1. The van der Waals surface area contributed by atoms with E-state index >= 15 is 0 Å². The van der Waals surface area contributed by atoms with Crippen LogP contribution in [0.3, 0.4) is 0 Å². The average molecular weight is 406 g/mol. The summed E-state index contributed by atoms with van der Waals surface area (Å²) in [7, 11) is 1.56. The number of benzene rings is 3. The van der Waals surface area contributed by atoms with E-state index in [1.54, 1.807) is 37.4 Å². The van der Waals surface area contributed by atoms with Crippen molar-refractivity contribution in [2.75, 3.05) is 12.4 Å². The van der Waals surface area contributed by atoms with Gasteiger partial charge >= 0.3 is 5.97 Å². The van der Waals surface area contributed by atoms with Crippen LogP contribution in [0.25, 0.3) is 0 Å². The molecule has 154 valence electrons. The van der Waals surface area contributed by atoms with Gasteiger partial charge in [-0.25, -0.2) is 0 Å². The molecule has 2 N–H and O–H groups in total. The van der Waals surface area contributed by atoms with Crippen LogP contribution in [0.4, 0.5) is 11.4 Å². The molecule has 0 fully saturated rings. The molecule has 0 spiro atoms. The van der Waals surface area contributed by atoms with Crippen molar-refractivity contribution in [3.8, 4) is 5.75 Å². The number of hydrogen-bond acceptors (Lipinski definition) is 5. The fourth-order valence-electron chi connectivity index (χ4n) is 3.21. The molecule has 0 saturated carbocycles. The van der Waals surface area contributed by atoms with Crippen LogP contribution in [0.5, 0.6) is 5.75 Å². The molecule has 0 aliphatic carbocycles. The van der Waals surface area contributed by atoms with Crippen molar-refractivity contribution in [1.82, 2.24) is 0 Å². The van der Waals surface area contributed by atoms with Crippen molar-refractivity contribution in [1.29, 1.82) is 0 Å². The van der Waals surface area contributed by atoms with Crippen LogP contribution in [0.1, 0.15) is 22.6 Å². The van der Waals surface area contributed by atoms with Crippen molar-refractivity contribution in [2.45, 2.75) is 18.9 Å². The Morgan fingerprint density at radius 1 is 1.07 bits per heavy atom. The van der Waals surface area contributed by atoms with Crippen molar-refractivity contribution in [2.24, 2.45) is 0 Å². The molecule has 0 aromatic heterocycles. The average Bonchev–Trinajstić information content (AvgIpc) is 2.76. The Morgan fingerprint density at radius 2 is 1.77 bits per heavy atom. The lowest BCUT2D eigenvalue weighted by Crippen LogP contribution is -2.15. The smallest absolute Gasteiger partial charge is 0.311 e. The molecular weight excluding hydrogens is 384 g/mol. The second-order valence-electron chi connectivity index (χ2n) is 6.82. The van der Waals surface area contributed by atoms with E-state index in [2.05, 4.69) is 5.32 Å². The maximum Gasteiger partial charge on any atom is 0.311 e. The highest BCUT2D eigenvalue weighted by molar-refractivity contribution is 5.77. The van der Waals surface area contributed by atoms with Gasteiger partial charge in [0.15, 0.2) is 0 Å². The van der Waals surface area contributed by atoms with Gasteiger partial charge in [-0.05, 0) is 35.2 Å². The zero-order valence-corrected chi connectivity index (χ0v) is 16.4. The van der Waals surface area contributed by atoms with E-state index in [0.29, 0.717) is 29.1 Å². The summed E-state index contributed by atoms with van der Waals surface area (Å²) in [5, 5.41) is 23.9. The molecule has 0 amide bonds. The summed E-state index contributed by atoms with van der Waals surface area (Å²) in [5.74, 6) is -1.14. The number of methoxy groups -OCH3 is 1. The van der Waals surface area contributed by atoms with Gasteiger partial charge in [0.25, 0.3) is 5.69 Å². The largest absolute Gasteiger partial charge is 0.495 e. The molecule has 0 aliphatic rings. The first kappa shape index (κ1) is 20.9. The Bertz CT molecular complexity index is 1020. The fraction of sp³-hybridized carbons (Fsp3) is 0.174. The number of carbonyl (C=O) groups is 1. The number of nitro groups is 1. The second-order valence-corrected chi connectivity index (χ2v) is 6.82. The predicted molar refractivity (Wildman–Crippen MR) is 114 cm³/mol. The Kier molecular flexibility index (Phi) is 6.64. The van der Waals surface area contributed by atoms with E-state index < -0.39 is 16.8 Å². The Balaban J connectivity index is 1.83. The minimum atomic E-state index is -0.965. The first-order valence-electron chi connectivity index (χ1n) is 9.40. The highest BCUT2D eigenvalue weighted by Gasteiger charge is 2.22. The number of aliphatic carboxylic acids is 1. The summed E-state index contributed by atoms with van der Waals surface area (Å²) in [4.78, 5) is 22.3. The fourth-order valence-corrected chi connectivity index (χ4v) is 3.21. The number of rotatable bonds is 9. The quantitative estimate of drug-likeness (QED) is 0.397. The monoisotopic (exact) mass is 406 g/mol. The molecular formula is C23H22N2O5. The number of nitro benzene ring substituents is 1. The van der Waals surface area contributed by atoms with Crippen LogP contribution in [-0.2, 0) is 17.8 Å². The predicted octanol–water partition coefficient (Wildman–Crippen LogP) is 4.63. The van der Waals surface area contributed by atoms with Gasteiger partial charge in [0, 0.05) is 18.7 Å².